The van der Waals surface area contributed by atoms with E-state index >= 15 is 0 Å². The van der Waals surface area contributed by atoms with Crippen LogP contribution in [0.3, 0.4) is 0 Å². The monoisotopic (exact) mass is 312 g/mol. The minimum atomic E-state index is 0.128. The third kappa shape index (κ3) is 4.08. The van der Waals surface area contributed by atoms with Crippen molar-refractivity contribution in [1.29, 1.82) is 0 Å². The van der Waals surface area contributed by atoms with Crippen molar-refractivity contribution in [3.63, 3.8) is 0 Å². The smallest absolute Gasteiger partial charge is 0.0303 e. The van der Waals surface area contributed by atoms with E-state index in [1.165, 1.54) is 5.56 Å². The first-order valence-electron chi connectivity index (χ1n) is 6.53. The van der Waals surface area contributed by atoms with Crippen LogP contribution in [-0.2, 0) is 6.42 Å². The highest BCUT2D eigenvalue weighted by Gasteiger charge is 2.30. The molecule has 0 aliphatic rings. The lowest BCUT2D eigenvalue weighted by Gasteiger charge is -2.40. The number of nitrogens with one attached hydrogen (secondary N) is 1. The van der Waals surface area contributed by atoms with Crippen LogP contribution in [0.4, 0.5) is 0 Å². The minimum Gasteiger partial charge on any atom is -0.312 e. The minimum absolute atomic E-state index is 0.128. The molecule has 0 fully saturated rings. The molecule has 1 unspecified atom stereocenters. The molecule has 1 aromatic carbocycles. The Balaban J connectivity index is 2.83. The normalized spacial score (nSPS) is 13.9. The molecule has 0 bridgehead atoms. The van der Waals surface area contributed by atoms with Gasteiger partial charge >= 0.3 is 0 Å². The van der Waals surface area contributed by atoms with Crippen LogP contribution in [0.5, 0.6) is 0 Å². The molecular formula is C15H25BrN2. The molecule has 0 aromatic heterocycles. The predicted octanol–water partition coefficient (Wildman–Crippen LogP) is 3.31. The second-order valence-electron chi connectivity index (χ2n) is 5.49. The largest absolute Gasteiger partial charge is 0.312 e. The summed E-state index contributed by atoms with van der Waals surface area (Å²) in [5, 5.41) is 3.61. The summed E-state index contributed by atoms with van der Waals surface area (Å²) >= 11 is 3.48. The van der Waals surface area contributed by atoms with Gasteiger partial charge < -0.3 is 10.2 Å². The molecule has 0 spiro atoms. The van der Waals surface area contributed by atoms with E-state index in [-0.39, 0.29) is 5.54 Å². The van der Waals surface area contributed by atoms with Crippen molar-refractivity contribution in [3.05, 3.63) is 34.3 Å². The SMILES string of the molecule is CCNC(Cc1ccc(Br)cc1)C(C)(C)N(C)C. The lowest BCUT2D eigenvalue weighted by Crippen LogP contribution is -2.56. The van der Waals surface area contributed by atoms with Crippen LogP contribution in [0, 0.1) is 0 Å². The van der Waals surface area contributed by atoms with E-state index in [0.29, 0.717) is 6.04 Å². The van der Waals surface area contributed by atoms with E-state index in [0.717, 1.165) is 17.4 Å². The van der Waals surface area contributed by atoms with Gasteiger partial charge in [0.25, 0.3) is 0 Å². The van der Waals surface area contributed by atoms with Crippen molar-refractivity contribution < 1.29 is 0 Å². The first-order valence-corrected chi connectivity index (χ1v) is 7.32. The van der Waals surface area contributed by atoms with Gasteiger partial charge in [0, 0.05) is 16.1 Å². The molecule has 102 valence electrons. The van der Waals surface area contributed by atoms with E-state index in [9.17, 15) is 0 Å². The van der Waals surface area contributed by atoms with Gasteiger partial charge in [-0.3, -0.25) is 0 Å². The summed E-state index contributed by atoms with van der Waals surface area (Å²) in [6.45, 7) is 7.75. The van der Waals surface area contributed by atoms with E-state index in [4.69, 9.17) is 0 Å². The predicted molar refractivity (Wildman–Crippen MR) is 83.1 cm³/mol. The first kappa shape index (κ1) is 15.7. The number of hydrogen-bond acceptors (Lipinski definition) is 2. The standard InChI is InChI=1S/C15H25BrN2/c1-6-17-14(15(2,3)18(4)5)11-12-7-9-13(16)10-8-12/h7-10,14,17H,6,11H2,1-5H3. The summed E-state index contributed by atoms with van der Waals surface area (Å²) in [6, 6.07) is 9.06. The number of rotatable bonds is 6. The van der Waals surface area contributed by atoms with Gasteiger partial charge in [-0.2, -0.15) is 0 Å². The van der Waals surface area contributed by atoms with Crippen molar-refractivity contribution in [3.8, 4) is 0 Å². The van der Waals surface area contributed by atoms with Crippen LogP contribution in [-0.4, -0.2) is 37.1 Å². The Morgan fingerprint density at radius 3 is 2.22 bits per heavy atom. The van der Waals surface area contributed by atoms with Crippen LogP contribution < -0.4 is 5.32 Å². The maximum Gasteiger partial charge on any atom is 0.0303 e. The second-order valence-corrected chi connectivity index (χ2v) is 6.40. The molecule has 0 saturated heterocycles. The fraction of sp³-hybridized carbons (Fsp3) is 0.600. The number of likely N-dealkylation sites (N-methyl/N-ethyl adjacent to an activating group) is 2. The maximum atomic E-state index is 3.61. The summed E-state index contributed by atoms with van der Waals surface area (Å²) in [7, 11) is 4.29. The molecule has 1 aromatic rings. The van der Waals surface area contributed by atoms with Crippen LogP contribution in [0.15, 0.2) is 28.7 Å². The van der Waals surface area contributed by atoms with Crippen molar-refractivity contribution in [2.45, 2.75) is 38.8 Å². The van der Waals surface area contributed by atoms with Crippen molar-refractivity contribution >= 4 is 15.9 Å². The van der Waals surface area contributed by atoms with Crippen LogP contribution in [0.1, 0.15) is 26.3 Å². The third-order valence-electron chi connectivity index (χ3n) is 3.81. The molecule has 1 rings (SSSR count). The Hall–Kier alpha value is -0.380. The van der Waals surface area contributed by atoms with Gasteiger partial charge in [-0.05, 0) is 58.6 Å². The van der Waals surface area contributed by atoms with Gasteiger partial charge in [0.05, 0.1) is 0 Å². The number of nitrogens with zero attached hydrogens (tertiary/aromatic N) is 1. The first-order chi connectivity index (χ1) is 8.37. The number of benzene rings is 1. The average molecular weight is 313 g/mol. The van der Waals surface area contributed by atoms with Gasteiger partial charge in [-0.1, -0.05) is 35.0 Å². The zero-order valence-electron chi connectivity index (χ0n) is 12.1. The van der Waals surface area contributed by atoms with Crippen molar-refractivity contribution in [2.24, 2.45) is 0 Å². The fourth-order valence-corrected chi connectivity index (χ4v) is 2.25. The van der Waals surface area contributed by atoms with Gasteiger partial charge in [0.15, 0.2) is 0 Å². The molecule has 1 N–H and O–H groups in total. The van der Waals surface area contributed by atoms with E-state index in [1.54, 1.807) is 0 Å². The Bertz CT molecular complexity index is 357. The molecule has 0 amide bonds. The average Bonchev–Trinajstić information content (AvgIpc) is 2.31. The summed E-state index contributed by atoms with van der Waals surface area (Å²) in [5.74, 6) is 0. The zero-order chi connectivity index (χ0) is 13.8. The van der Waals surface area contributed by atoms with Gasteiger partial charge in [-0.25, -0.2) is 0 Å². The lowest BCUT2D eigenvalue weighted by molar-refractivity contribution is 0.138. The fourth-order valence-electron chi connectivity index (χ4n) is 1.99. The van der Waals surface area contributed by atoms with Crippen LogP contribution in [0.2, 0.25) is 0 Å². The third-order valence-corrected chi connectivity index (χ3v) is 4.34. The Kier molecular flexibility index (Phi) is 5.83. The number of hydrogen-bond donors (Lipinski definition) is 1. The molecule has 3 heteroatoms. The highest BCUT2D eigenvalue weighted by Crippen LogP contribution is 2.20. The molecule has 0 aliphatic carbocycles. The Morgan fingerprint density at radius 2 is 1.78 bits per heavy atom. The zero-order valence-corrected chi connectivity index (χ0v) is 13.7. The molecule has 18 heavy (non-hydrogen) atoms. The molecule has 0 heterocycles. The van der Waals surface area contributed by atoms with E-state index < -0.39 is 0 Å². The number of halogens is 1. The highest BCUT2D eigenvalue weighted by atomic mass is 79.9. The lowest BCUT2D eigenvalue weighted by atomic mass is 9.88. The van der Waals surface area contributed by atoms with E-state index in [1.807, 2.05) is 0 Å². The quantitative estimate of drug-likeness (QED) is 0.867. The molecule has 0 saturated carbocycles. The van der Waals surface area contributed by atoms with Crippen LogP contribution in [0.25, 0.3) is 0 Å². The molecule has 0 radical (unpaired) electrons. The van der Waals surface area contributed by atoms with Gasteiger partial charge in [0.1, 0.15) is 0 Å². The Morgan fingerprint density at radius 1 is 1.22 bits per heavy atom. The molecule has 0 aliphatic heterocycles. The van der Waals surface area contributed by atoms with Gasteiger partial charge in [0.2, 0.25) is 0 Å². The van der Waals surface area contributed by atoms with Crippen molar-refractivity contribution in [1.82, 2.24) is 10.2 Å². The summed E-state index contributed by atoms with van der Waals surface area (Å²) in [4.78, 5) is 2.29. The maximum absolute atomic E-state index is 3.61. The van der Waals surface area contributed by atoms with Crippen molar-refractivity contribution in [2.75, 3.05) is 20.6 Å². The molecule has 2 nitrogen and oxygen atoms in total. The van der Waals surface area contributed by atoms with Crippen LogP contribution >= 0.6 is 15.9 Å². The summed E-state index contributed by atoms with van der Waals surface area (Å²) < 4.78 is 1.14. The molecule has 1 atom stereocenters. The summed E-state index contributed by atoms with van der Waals surface area (Å²) in [5.41, 5.74) is 1.50. The Labute approximate surface area is 120 Å². The highest BCUT2D eigenvalue weighted by molar-refractivity contribution is 9.10. The topological polar surface area (TPSA) is 15.3 Å². The second kappa shape index (κ2) is 6.69. The molecular weight excluding hydrogens is 288 g/mol. The summed E-state index contributed by atoms with van der Waals surface area (Å²) in [6.07, 6.45) is 1.05. The van der Waals surface area contributed by atoms with E-state index in [2.05, 4.69) is 85.3 Å². The van der Waals surface area contributed by atoms with Gasteiger partial charge in [-0.15, -0.1) is 0 Å².